The van der Waals surface area contributed by atoms with Crippen LogP contribution in [-0.2, 0) is 0 Å². The molecule has 1 aliphatic heterocycles. The van der Waals surface area contributed by atoms with E-state index in [1.165, 1.54) is 0 Å². The van der Waals surface area contributed by atoms with Crippen LogP contribution in [0.4, 0.5) is 8.78 Å². The van der Waals surface area contributed by atoms with Crippen LogP contribution in [0.15, 0.2) is 0 Å². The Morgan fingerprint density at radius 3 is 2.73 bits per heavy atom. The van der Waals surface area contributed by atoms with Crippen LogP contribution in [0.25, 0.3) is 0 Å². The van der Waals surface area contributed by atoms with Gasteiger partial charge in [-0.25, -0.2) is 8.78 Å². The zero-order valence-corrected chi connectivity index (χ0v) is 6.48. The summed E-state index contributed by atoms with van der Waals surface area (Å²) in [6, 6.07) is -0.421. The molecule has 2 unspecified atom stereocenters. The van der Waals surface area contributed by atoms with E-state index in [0.717, 1.165) is 0 Å². The lowest BCUT2D eigenvalue weighted by atomic mass is 10.1. The third-order valence-corrected chi connectivity index (χ3v) is 2.02. The molecule has 1 fully saturated rings. The fraction of sp³-hybridized carbons (Fsp3) is 1.00. The fourth-order valence-corrected chi connectivity index (χ4v) is 1.30. The molecule has 1 aliphatic rings. The monoisotopic (exact) mass is 165 g/mol. The molecule has 2 atom stereocenters. The number of hydrogen-bond donors (Lipinski definition) is 2. The summed E-state index contributed by atoms with van der Waals surface area (Å²) in [7, 11) is 0. The molecule has 0 aromatic carbocycles. The molecule has 0 bridgehead atoms. The van der Waals surface area contributed by atoms with Crippen molar-refractivity contribution in [2.75, 3.05) is 6.54 Å². The third-order valence-electron chi connectivity index (χ3n) is 2.02. The van der Waals surface area contributed by atoms with Gasteiger partial charge in [-0.2, -0.15) is 0 Å². The maximum absolute atomic E-state index is 12.5. The molecule has 0 amide bonds. The van der Waals surface area contributed by atoms with Crippen LogP contribution < -0.4 is 5.32 Å². The number of rotatable bonds is 2. The van der Waals surface area contributed by atoms with Crippen molar-refractivity contribution < 1.29 is 13.9 Å². The van der Waals surface area contributed by atoms with Gasteiger partial charge in [0.25, 0.3) is 5.92 Å². The molecule has 1 rings (SSSR count). The zero-order valence-electron chi connectivity index (χ0n) is 6.48. The molecular weight excluding hydrogens is 152 g/mol. The van der Waals surface area contributed by atoms with Gasteiger partial charge in [0, 0.05) is 12.5 Å². The predicted octanol–water partition coefficient (Wildman–Crippen LogP) is 0.754. The van der Waals surface area contributed by atoms with Crippen molar-refractivity contribution >= 4 is 0 Å². The minimum Gasteiger partial charge on any atom is -0.392 e. The standard InChI is InChI=1S/C7H13F2NO/c1-2-6(11)5-3-7(8,9)4-10-5/h5-6,10-11H,2-4H2,1H3. The van der Waals surface area contributed by atoms with E-state index in [0.29, 0.717) is 6.42 Å². The molecule has 2 N–H and O–H groups in total. The first-order valence-electron chi connectivity index (χ1n) is 3.84. The third kappa shape index (κ3) is 2.10. The van der Waals surface area contributed by atoms with E-state index in [1.54, 1.807) is 6.92 Å². The van der Waals surface area contributed by atoms with Crippen molar-refractivity contribution in [1.82, 2.24) is 5.32 Å². The molecule has 11 heavy (non-hydrogen) atoms. The number of aliphatic hydroxyl groups is 1. The number of hydrogen-bond acceptors (Lipinski definition) is 2. The molecule has 1 heterocycles. The van der Waals surface area contributed by atoms with Crippen molar-refractivity contribution in [2.45, 2.75) is 37.8 Å². The van der Waals surface area contributed by atoms with Gasteiger partial charge < -0.3 is 10.4 Å². The Kier molecular flexibility index (Phi) is 2.44. The number of halogens is 2. The number of aliphatic hydroxyl groups excluding tert-OH is 1. The Bertz CT molecular complexity index is 140. The van der Waals surface area contributed by atoms with E-state index >= 15 is 0 Å². The van der Waals surface area contributed by atoms with Gasteiger partial charge in [-0.15, -0.1) is 0 Å². The lowest BCUT2D eigenvalue weighted by molar-refractivity contribution is 0.0141. The Labute approximate surface area is 64.6 Å². The highest BCUT2D eigenvalue weighted by Crippen LogP contribution is 2.27. The lowest BCUT2D eigenvalue weighted by Crippen LogP contribution is -2.33. The quantitative estimate of drug-likeness (QED) is 0.633. The van der Waals surface area contributed by atoms with Gasteiger partial charge in [-0.1, -0.05) is 6.92 Å². The van der Waals surface area contributed by atoms with Crippen LogP contribution in [0, 0.1) is 0 Å². The normalized spacial score (nSPS) is 32.2. The van der Waals surface area contributed by atoms with Gasteiger partial charge in [-0.3, -0.25) is 0 Å². The second-order valence-electron chi connectivity index (χ2n) is 3.02. The summed E-state index contributed by atoms with van der Waals surface area (Å²) in [4.78, 5) is 0. The highest BCUT2D eigenvalue weighted by molar-refractivity contribution is 4.90. The van der Waals surface area contributed by atoms with E-state index < -0.39 is 18.1 Å². The maximum Gasteiger partial charge on any atom is 0.261 e. The smallest absolute Gasteiger partial charge is 0.261 e. The highest BCUT2D eigenvalue weighted by Gasteiger charge is 2.41. The predicted molar refractivity (Wildman–Crippen MR) is 37.7 cm³/mol. The Balaban J connectivity index is 2.41. The topological polar surface area (TPSA) is 32.3 Å². The first-order valence-corrected chi connectivity index (χ1v) is 3.84. The largest absolute Gasteiger partial charge is 0.392 e. The molecule has 4 heteroatoms. The van der Waals surface area contributed by atoms with Crippen molar-refractivity contribution in [2.24, 2.45) is 0 Å². The number of nitrogens with one attached hydrogen (secondary N) is 1. The Morgan fingerprint density at radius 2 is 2.36 bits per heavy atom. The van der Waals surface area contributed by atoms with E-state index in [1.807, 2.05) is 0 Å². The first-order chi connectivity index (χ1) is 5.05. The summed E-state index contributed by atoms with van der Waals surface area (Å²) in [5.74, 6) is -2.62. The van der Waals surface area contributed by atoms with Crippen molar-refractivity contribution in [3.8, 4) is 0 Å². The lowest BCUT2D eigenvalue weighted by Gasteiger charge is -2.15. The van der Waals surface area contributed by atoms with Crippen molar-refractivity contribution in [3.63, 3.8) is 0 Å². The molecule has 0 aromatic rings. The molecule has 0 spiro atoms. The van der Waals surface area contributed by atoms with Crippen LogP contribution in [0.3, 0.4) is 0 Å². The van der Waals surface area contributed by atoms with Crippen LogP contribution in [0.1, 0.15) is 19.8 Å². The first kappa shape index (κ1) is 8.87. The Morgan fingerprint density at radius 1 is 1.73 bits per heavy atom. The summed E-state index contributed by atoms with van der Waals surface area (Å²) in [6.07, 6.45) is -0.348. The van der Waals surface area contributed by atoms with E-state index in [-0.39, 0.29) is 13.0 Å². The second kappa shape index (κ2) is 3.03. The van der Waals surface area contributed by atoms with Gasteiger partial charge in [-0.05, 0) is 6.42 Å². The highest BCUT2D eigenvalue weighted by atomic mass is 19.3. The molecule has 0 saturated carbocycles. The van der Waals surface area contributed by atoms with E-state index in [9.17, 15) is 13.9 Å². The molecule has 2 nitrogen and oxygen atoms in total. The molecule has 0 radical (unpaired) electrons. The summed E-state index contributed by atoms with van der Waals surface area (Å²) in [6.45, 7) is 1.48. The van der Waals surface area contributed by atoms with Crippen molar-refractivity contribution in [1.29, 1.82) is 0 Å². The maximum atomic E-state index is 12.5. The summed E-state index contributed by atoms with van der Waals surface area (Å²) >= 11 is 0. The Hall–Kier alpha value is -0.220. The molecule has 66 valence electrons. The summed E-state index contributed by atoms with van der Waals surface area (Å²) < 4.78 is 25.0. The fourth-order valence-electron chi connectivity index (χ4n) is 1.30. The minimum atomic E-state index is -2.62. The number of alkyl halides is 2. The van der Waals surface area contributed by atoms with E-state index in [2.05, 4.69) is 5.32 Å². The summed E-state index contributed by atoms with van der Waals surface area (Å²) in [5, 5.41) is 11.8. The van der Waals surface area contributed by atoms with Crippen LogP contribution >= 0.6 is 0 Å². The molecule has 1 saturated heterocycles. The minimum absolute atomic E-state index is 0.234. The average molecular weight is 165 g/mol. The summed E-state index contributed by atoms with van der Waals surface area (Å²) in [5.41, 5.74) is 0. The molecule has 0 aromatic heterocycles. The van der Waals surface area contributed by atoms with Crippen molar-refractivity contribution in [3.05, 3.63) is 0 Å². The molecular formula is C7H13F2NO. The zero-order chi connectivity index (χ0) is 8.48. The van der Waals surface area contributed by atoms with Gasteiger partial charge >= 0.3 is 0 Å². The average Bonchev–Trinajstić information content (AvgIpc) is 2.29. The van der Waals surface area contributed by atoms with Gasteiger partial charge in [0.05, 0.1) is 12.6 Å². The van der Waals surface area contributed by atoms with Gasteiger partial charge in [0.1, 0.15) is 0 Å². The van der Waals surface area contributed by atoms with Gasteiger partial charge in [0.2, 0.25) is 0 Å². The SMILES string of the molecule is CCC(O)C1CC(F)(F)CN1. The van der Waals surface area contributed by atoms with Crippen LogP contribution in [0.2, 0.25) is 0 Å². The van der Waals surface area contributed by atoms with E-state index in [4.69, 9.17) is 0 Å². The molecule has 0 aliphatic carbocycles. The second-order valence-corrected chi connectivity index (χ2v) is 3.02. The van der Waals surface area contributed by atoms with Crippen LogP contribution in [0.5, 0.6) is 0 Å². The van der Waals surface area contributed by atoms with Gasteiger partial charge in [0.15, 0.2) is 0 Å². The van der Waals surface area contributed by atoms with Crippen LogP contribution in [-0.4, -0.2) is 29.7 Å².